The van der Waals surface area contributed by atoms with Gasteiger partial charge in [-0.1, -0.05) is 19.9 Å². The standard InChI is InChI=1S/C22H36N2O2/c1-15-11-18(4)19(5)21(12-15)26-20(6)22(25)23-8-7-9-24-13-16(2)10-17(3)14-24/h11-12,16-17,20H,7-10,13-14H2,1-6H3,(H,23,25)/t16-,17-,20+/m1/s1. The molecule has 1 aliphatic rings. The number of benzene rings is 1. The van der Waals surface area contributed by atoms with E-state index < -0.39 is 6.10 Å². The number of carbonyl (C=O) groups is 1. The minimum Gasteiger partial charge on any atom is -0.481 e. The number of rotatable bonds is 7. The van der Waals surface area contributed by atoms with Gasteiger partial charge < -0.3 is 15.0 Å². The van der Waals surface area contributed by atoms with Crippen LogP contribution in [0.2, 0.25) is 0 Å². The predicted octanol–water partition coefficient (Wildman–Crippen LogP) is 3.86. The van der Waals surface area contributed by atoms with Gasteiger partial charge >= 0.3 is 0 Å². The SMILES string of the molecule is Cc1cc(C)c(C)c(O[C@@H](C)C(=O)NCCCN2C[C@H](C)C[C@@H](C)C2)c1. The fourth-order valence-corrected chi connectivity index (χ4v) is 4.00. The Morgan fingerprint density at radius 3 is 2.54 bits per heavy atom. The number of likely N-dealkylation sites (tertiary alicyclic amines) is 1. The van der Waals surface area contributed by atoms with E-state index in [4.69, 9.17) is 4.74 Å². The number of piperidine rings is 1. The van der Waals surface area contributed by atoms with Crippen LogP contribution in [0.25, 0.3) is 0 Å². The molecular formula is C22H36N2O2. The Morgan fingerprint density at radius 1 is 1.23 bits per heavy atom. The molecule has 1 N–H and O–H groups in total. The van der Waals surface area contributed by atoms with Gasteiger partial charge in [-0.2, -0.15) is 0 Å². The smallest absolute Gasteiger partial charge is 0.260 e. The van der Waals surface area contributed by atoms with Crippen LogP contribution < -0.4 is 10.1 Å². The third-order valence-corrected chi connectivity index (χ3v) is 5.33. The first-order chi connectivity index (χ1) is 12.3. The Morgan fingerprint density at radius 2 is 1.88 bits per heavy atom. The molecular weight excluding hydrogens is 324 g/mol. The van der Waals surface area contributed by atoms with Gasteiger partial charge in [0, 0.05) is 19.6 Å². The summed E-state index contributed by atoms with van der Waals surface area (Å²) in [6, 6.07) is 4.14. The molecule has 1 amide bonds. The number of nitrogens with zero attached hydrogens (tertiary/aromatic N) is 1. The third-order valence-electron chi connectivity index (χ3n) is 5.33. The fourth-order valence-electron chi connectivity index (χ4n) is 4.00. The lowest BCUT2D eigenvalue weighted by Gasteiger charge is -2.34. The average molecular weight is 361 g/mol. The minimum atomic E-state index is -0.482. The molecule has 0 saturated carbocycles. The van der Waals surface area contributed by atoms with Gasteiger partial charge in [0.05, 0.1) is 0 Å². The Hall–Kier alpha value is -1.55. The van der Waals surface area contributed by atoms with Crippen LogP contribution in [0.1, 0.15) is 50.3 Å². The largest absolute Gasteiger partial charge is 0.481 e. The molecule has 1 aromatic carbocycles. The number of aryl methyl sites for hydroxylation is 2. The van der Waals surface area contributed by atoms with Gasteiger partial charge in [0.25, 0.3) is 5.91 Å². The molecule has 0 aliphatic carbocycles. The van der Waals surface area contributed by atoms with Gasteiger partial charge in [-0.05, 0) is 81.7 Å². The number of hydrogen-bond donors (Lipinski definition) is 1. The third kappa shape index (κ3) is 6.01. The summed E-state index contributed by atoms with van der Waals surface area (Å²) in [7, 11) is 0. The number of hydrogen-bond acceptors (Lipinski definition) is 3. The van der Waals surface area contributed by atoms with Crippen molar-refractivity contribution in [3.8, 4) is 5.75 Å². The van der Waals surface area contributed by atoms with E-state index in [1.165, 1.54) is 25.1 Å². The normalized spacial score (nSPS) is 22.1. The molecule has 1 aromatic rings. The molecule has 0 radical (unpaired) electrons. The van der Waals surface area contributed by atoms with Crippen molar-refractivity contribution >= 4 is 5.91 Å². The molecule has 0 spiro atoms. The molecule has 2 rings (SSSR count). The highest BCUT2D eigenvalue weighted by Crippen LogP contribution is 2.24. The average Bonchev–Trinajstić information content (AvgIpc) is 2.55. The van der Waals surface area contributed by atoms with Gasteiger partial charge in [-0.25, -0.2) is 0 Å². The second kappa shape index (κ2) is 9.40. The Balaban J connectivity index is 1.74. The molecule has 0 aromatic heterocycles. The Labute approximate surface area is 159 Å². The topological polar surface area (TPSA) is 41.6 Å². The molecule has 1 heterocycles. The minimum absolute atomic E-state index is 0.0380. The zero-order chi connectivity index (χ0) is 19.3. The first-order valence-electron chi connectivity index (χ1n) is 10.0. The van der Waals surface area contributed by atoms with Crippen molar-refractivity contribution in [2.45, 2.75) is 60.5 Å². The number of carbonyl (C=O) groups excluding carboxylic acids is 1. The van der Waals surface area contributed by atoms with Crippen LogP contribution in [-0.4, -0.2) is 43.1 Å². The predicted molar refractivity (Wildman–Crippen MR) is 108 cm³/mol. The number of amides is 1. The summed E-state index contributed by atoms with van der Waals surface area (Å²) in [5.41, 5.74) is 3.45. The van der Waals surface area contributed by atoms with Crippen molar-refractivity contribution in [1.29, 1.82) is 0 Å². The molecule has 3 atom stereocenters. The lowest BCUT2D eigenvalue weighted by atomic mass is 9.92. The first-order valence-corrected chi connectivity index (χ1v) is 10.0. The van der Waals surface area contributed by atoms with Crippen molar-refractivity contribution in [3.05, 3.63) is 28.8 Å². The van der Waals surface area contributed by atoms with E-state index in [0.717, 1.165) is 41.7 Å². The maximum absolute atomic E-state index is 12.3. The van der Waals surface area contributed by atoms with E-state index >= 15 is 0 Å². The quantitative estimate of drug-likeness (QED) is 0.751. The molecule has 146 valence electrons. The molecule has 0 bridgehead atoms. The van der Waals surface area contributed by atoms with Crippen LogP contribution in [0, 0.1) is 32.6 Å². The lowest BCUT2D eigenvalue weighted by Crippen LogP contribution is -2.41. The first kappa shape index (κ1) is 20.8. The van der Waals surface area contributed by atoms with Gasteiger partial charge in [0.1, 0.15) is 5.75 Å². The van der Waals surface area contributed by atoms with Crippen molar-refractivity contribution in [2.75, 3.05) is 26.2 Å². The van der Waals surface area contributed by atoms with E-state index in [1.54, 1.807) is 0 Å². The molecule has 1 saturated heterocycles. The van der Waals surface area contributed by atoms with Crippen LogP contribution in [0.5, 0.6) is 5.75 Å². The zero-order valence-electron chi connectivity index (χ0n) is 17.4. The maximum Gasteiger partial charge on any atom is 0.260 e. The number of ether oxygens (including phenoxy) is 1. The highest BCUT2D eigenvalue weighted by molar-refractivity contribution is 5.80. The molecule has 26 heavy (non-hydrogen) atoms. The summed E-state index contributed by atoms with van der Waals surface area (Å²) in [4.78, 5) is 14.9. The summed E-state index contributed by atoms with van der Waals surface area (Å²) in [6.07, 6.45) is 1.84. The highest BCUT2D eigenvalue weighted by atomic mass is 16.5. The Kier molecular flexibility index (Phi) is 7.51. The van der Waals surface area contributed by atoms with Gasteiger partial charge in [-0.3, -0.25) is 4.79 Å². The Bertz CT molecular complexity index is 604. The molecule has 0 unspecified atom stereocenters. The highest BCUT2D eigenvalue weighted by Gasteiger charge is 2.21. The number of nitrogens with one attached hydrogen (secondary N) is 1. The van der Waals surface area contributed by atoms with Crippen molar-refractivity contribution in [2.24, 2.45) is 11.8 Å². The van der Waals surface area contributed by atoms with Crippen molar-refractivity contribution in [3.63, 3.8) is 0 Å². The maximum atomic E-state index is 12.3. The van der Waals surface area contributed by atoms with Crippen LogP contribution in [-0.2, 0) is 4.79 Å². The molecule has 1 aliphatic heterocycles. The second-order valence-corrected chi connectivity index (χ2v) is 8.32. The van der Waals surface area contributed by atoms with Crippen LogP contribution in [0.3, 0.4) is 0 Å². The van der Waals surface area contributed by atoms with Gasteiger partial charge in [0.15, 0.2) is 6.10 Å². The summed E-state index contributed by atoms with van der Waals surface area (Å²) < 4.78 is 5.92. The second-order valence-electron chi connectivity index (χ2n) is 8.32. The van der Waals surface area contributed by atoms with Crippen LogP contribution in [0.4, 0.5) is 0 Å². The van der Waals surface area contributed by atoms with Crippen molar-refractivity contribution < 1.29 is 9.53 Å². The van der Waals surface area contributed by atoms with E-state index in [2.05, 4.69) is 37.1 Å². The summed E-state index contributed by atoms with van der Waals surface area (Å²) >= 11 is 0. The summed E-state index contributed by atoms with van der Waals surface area (Å²) in [5.74, 6) is 2.33. The fraction of sp³-hybridized carbons (Fsp3) is 0.682. The van der Waals surface area contributed by atoms with E-state index in [9.17, 15) is 4.79 Å². The van der Waals surface area contributed by atoms with Crippen LogP contribution >= 0.6 is 0 Å². The van der Waals surface area contributed by atoms with Gasteiger partial charge in [-0.15, -0.1) is 0 Å². The van der Waals surface area contributed by atoms with Gasteiger partial charge in [0.2, 0.25) is 0 Å². The van der Waals surface area contributed by atoms with E-state index in [-0.39, 0.29) is 5.91 Å². The van der Waals surface area contributed by atoms with Crippen molar-refractivity contribution in [1.82, 2.24) is 10.2 Å². The van der Waals surface area contributed by atoms with E-state index in [0.29, 0.717) is 6.54 Å². The molecule has 4 heteroatoms. The van der Waals surface area contributed by atoms with Crippen LogP contribution in [0.15, 0.2) is 12.1 Å². The molecule has 1 fully saturated rings. The monoisotopic (exact) mass is 360 g/mol. The summed E-state index contributed by atoms with van der Waals surface area (Å²) in [5, 5.41) is 3.02. The summed E-state index contributed by atoms with van der Waals surface area (Å²) in [6.45, 7) is 16.8. The lowest BCUT2D eigenvalue weighted by molar-refractivity contribution is -0.127. The zero-order valence-corrected chi connectivity index (χ0v) is 17.4. The molecule has 4 nitrogen and oxygen atoms in total. The van der Waals surface area contributed by atoms with E-state index in [1.807, 2.05) is 26.8 Å².